The molecule has 76 valence electrons. The predicted octanol–water partition coefficient (Wildman–Crippen LogP) is -0.799. The van der Waals surface area contributed by atoms with Gasteiger partial charge >= 0.3 is 0 Å². The highest BCUT2D eigenvalue weighted by atomic mass is 15.4. The van der Waals surface area contributed by atoms with Gasteiger partial charge in [-0.2, -0.15) is 0 Å². The average Bonchev–Trinajstić information content (AvgIpc) is 2.08. The summed E-state index contributed by atoms with van der Waals surface area (Å²) in [4.78, 5) is 4.33. The van der Waals surface area contributed by atoms with Gasteiger partial charge in [0.15, 0.2) is 0 Å². The van der Waals surface area contributed by atoms with Gasteiger partial charge in [-0.25, -0.2) is 0 Å². The van der Waals surface area contributed by atoms with Crippen LogP contribution in [0, 0.1) is 0 Å². The van der Waals surface area contributed by atoms with Crippen LogP contribution in [0.2, 0.25) is 0 Å². The van der Waals surface area contributed by atoms with E-state index >= 15 is 0 Å². The van der Waals surface area contributed by atoms with Crippen molar-refractivity contribution in [1.82, 2.24) is 9.80 Å². The molecule has 5 heteroatoms. The Morgan fingerprint density at radius 3 is 2.46 bits per heavy atom. The van der Waals surface area contributed by atoms with E-state index in [1.165, 1.54) is 0 Å². The molecule has 0 atom stereocenters. The van der Waals surface area contributed by atoms with Crippen LogP contribution in [-0.2, 0) is 0 Å². The largest absolute Gasteiger partial charge is 0.368 e. The van der Waals surface area contributed by atoms with E-state index in [-0.39, 0.29) is 5.54 Å². The lowest BCUT2D eigenvalue weighted by atomic mass is 10.0. The van der Waals surface area contributed by atoms with Crippen molar-refractivity contribution in [3.05, 3.63) is 0 Å². The van der Waals surface area contributed by atoms with Gasteiger partial charge in [0.25, 0.3) is 0 Å². The molecular formula is C8H19N5. The van der Waals surface area contributed by atoms with E-state index in [0.717, 1.165) is 19.6 Å². The molecule has 1 heterocycles. The zero-order valence-corrected chi connectivity index (χ0v) is 8.62. The Kier molecular flexibility index (Phi) is 2.66. The van der Waals surface area contributed by atoms with E-state index in [1.807, 2.05) is 4.90 Å². The summed E-state index contributed by atoms with van der Waals surface area (Å²) < 4.78 is 0. The zero-order valence-electron chi connectivity index (χ0n) is 8.62. The van der Waals surface area contributed by atoms with E-state index in [1.54, 1.807) is 0 Å². The maximum Gasteiger partial charge on any atom is 0.213 e. The maximum atomic E-state index is 5.65. The number of nitrogens with two attached hydrogens (primary N) is 2. The second kappa shape index (κ2) is 3.41. The molecule has 1 aliphatic heterocycles. The van der Waals surface area contributed by atoms with Crippen molar-refractivity contribution in [2.75, 3.05) is 26.7 Å². The molecule has 0 bridgehead atoms. The minimum absolute atomic E-state index is 0.133. The minimum Gasteiger partial charge on any atom is -0.368 e. The fourth-order valence-corrected chi connectivity index (χ4v) is 1.52. The number of rotatable bonds is 0. The van der Waals surface area contributed by atoms with Crippen LogP contribution in [0.15, 0.2) is 5.10 Å². The predicted molar refractivity (Wildman–Crippen MR) is 54.1 cm³/mol. The van der Waals surface area contributed by atoms with Crippen molar-refractivity contribution in [2.24, 2.45) is 16.7 Å². The van der Waals surface area contributed by atoms with Crippen LogP contribution in [0.4, 0.5) is 0 Å². The molecule has 1 fully saturated rings. The first-order chi connectivity index (χ1) is 5.97. The summed E-state index contributed by atoms with van der Waals surface area (Å²) in [5, 5.41) is 3.50. The number of guanidine groups is 1. The van der Waals surface area contributed by atoms with Gasteiger partial charge in [-0.05, 0) is 20.9 Å². The molecule has 1 saturated heterocycles. The number of hydrogen-bond acceptors (Lipinski definition) is 3. The molecule has 1 aliphatic rings. The van der Waals surface area contributed by atoms with Crippen LogP contribution in [0.25, 0.3) is 0 Å². The summed E-state index contributed by atoms with van der Waals surface area (Å²) >= 11 is 0. The van der Waals surface area contributed by atoms with Crippen LogP contribution < -0.4 is 11.6 Å². The van der Waals surface area contributed by atoms with Crippen molar-refractivity contribution in [1.29, 1.82) is 0 Å². The lowest BCUT2D eigenvalue weighted by Gasteiger charge is -2.45. The van der Waals surface area contributed by atoms with E-state index in [9.17, 15) is 0 Å². The minimum atomic E-state index is 0.133. The van der Waals surface area contributed by atoms with E-state index in [2.05, 4.69) is 30.9 Å². The summed E-state index contributed by atoms with van der Waals surface area (Å²) in [5.74, 6) is 5.57. The summed E-state index contributed by atoms with van der Waals surface area (Å²) in [7, 11) is 2.12. The Balaban J connectivity index is 2.66. The zero-order chi connectivity index (χ0) is 10.1. The molecular weight excluding hydrogens is 166 g/mol. The first-order valence-corrected chi connectivity index (χ1v) is 4.47. The first kappa shape index (κ1) is 10.1. The summed E-state index contributed by atoms with van der Waals surface area (Å²) in [6.07, 6.45) is 0. The summed E-state index contributed by atoms with van der Waals surface area (Å²) in [6, 6.07) is 0. The molecule has 0 amide bonds. The van der Waals surface area contributed by atoms with Crippen LogP contribution in [0.3, 0.4) is 0 Å². The highest BCUT2D eigenvalue weighted by Gasteiger charge is 2.31. The fourth-order valence-electron chi connectivity index (χ4n) is 1.52. The lowest BCUT2D eigenvalue weighted by molar-refractivity contribution is 0.0737. The third kappa shape index (κ3) is 2.03. The molecule has 0 spiro atoms. The second-order valence-corrected chi connectivity index (χ2v) is 4.14. The molecule has 0 aromatic carbocycles. The first-order valence-electron chi connectivity index (χ1n) is 4.47. The van der Waals surface area contributed by atoms with Crippen LogP contribution >= 0.6 is 0 Å². The van der Waals surface area contributed by atoms with E-state index < -0.39 is 0 Å². The Labute approximate surface area is 79.4 Å². The third-order valence-electron chi connectivity index (χ3n) is 2.77. The van der Waals surface area contributed by atoms with Crippen molar-refractivity contribution in [3.8, 4) is 0 Å². The van der Waals surface area contributed by atoms with Crippen LogP contribution in [-0.4, -0.2) is 48.0 Å². The topological polar surface area (TPSA) is 70.9 Å². The summed E-state index contributed by atoms with van der Waals surface area (Å²) in [5.41, 5.74) is 5.78. The molecule has 0 aromatic rings. The third-order valence-corrected chi connectivity index (χ3v) is 2.77. The molecule has 13 heavy (non-hydrogen) atoms. The Bertz CT molecular complexity index is 211. The van der Waals surface area contributed by atoms with E-state index in [4.69, 9.17) is 11.6 Å². The molecule has 0 aliphatic carbocycles. The van der Waals surface area contributed by atoms with Crippen LogP contribution in [0.5, 0.6) is 0 Å². The number of nitrogens with zero attached hydrogens (tertiary/aromatic N) is 3. The standard InChI is InChI=1S/C8H19N5/c1-8(2)6-13(7(9)11-10)5-4-12(8)3/h4-6,10H2,1-3H3,(H2,9,11). The quantitative estimate of drug-likeness (QED) is 0.224. The van der Waals surface area contributed by atoms with Gasteiger partial charge < -0.3 is 16.5 Å². The molecule has 0 radical (unpaired) electrons. The summed E-state index contributed by atoms with van der Waals surface area (Å²) in [6.45, 7) is 7.12. The van der Waals surface area contributed by atoms with Gasteiger partial charge in [-0.15, -0.1) is 5.10 Å². The number of likely N-dealkylation sites (N-methyl/N-ethyl adjacent to an activating group) is 1. The molecule has 5 nitrogen and oxygen atoms in total. The van der Waals surface area contributed by atoms with Gasteiger partial charge in [0, 0.05) is 25.2 Å². The van der Waals surface area contributed by atoms with Crippen molar-refractivity contribution in [3.63, 3.8) is 0 Å². The molecule has 0 aromatic heterocycles. The number of hydrogen-bond donors (Lipinski definition) is 2. The van der Waals surface area contributed by atoms with E-state index in [0.29, 0.717) is 5.96 Å². The molecule has 1 rings (SSSR count). The molecule has 0 unspecified atom stereocenters. The maximum absolute atomic E-state index is 5.65. The van der Waals surface area contributed by atoms with Gasteiger partial charge in [-0.3, -0.25) is 4.90 Å². The van der Waals surface area contributed by atoms with Gasteiger partial charge in [-0.1, -0.05) is 0 Å². The molecule has 4 N–H and O–H groups in total. The Hall–Kier alpha value is -0.970. The van der Waals surface area contributed by atoms with Gasteiger partial charge in [0.2, 0.25) is 5.96 Å². The monoisotopic (exact) mass is 185 g/mol. The van der Waals surface area contributed by atoms with Gasteiger partial charge in [0.05, 0.1) is 0 Å². The fraction of sp³-hybridized carbons (Fsp3) is 0.875. The number of piperazine rings is 1. The second-order valence-electron chi connectivity index (χ2n) is 4.14. The van der Waals surface area contributed by atoms with Crippen molar-refractivity contribution < 1.29 is 0 Å². The van der Waals surface area contributed by atoms with Crippen molar-refractivity contribution in [2.45, 2.75) is 19.4 Å². The average molecular weight is 185 g/mol. The van der Waals surface area contributed by atoms with Crippen molar-refractivity contribution >= 4 is 5.96 Å². The van der Waals surface area contributed by atoms with Gasteiger partial charge in [0.1, 0.15) is 0 Å². The SMILES string of the molecule is CN1CCN(C(N)=NN)CC1(C)C. The number of hydrazone groups is 1. The highest BCUT2D eigenvalue weighted by Crippen LogP contribution is 2.18. The molecule has 0 saturated carbocycles. The Morgan fingerprint density at radius 2 is 2.00 bits per heavy atom. The smallest absolute Gasteiger partial charge is 0.213 e. The lowest BCUT2D eigenvalue weighted by Crippen LogP contribution is -2.60. The highest BCUT2D eigenvalue weighted by molar-refractivity contribution is 5.77. The van der Waals surface area contributed by atoms with Crippen LogP contribution in [0.1, 0.15) is 13.8 Å². The normalized spacial score (nSPS) is 24.8. The Morgan fingerprint density at radius 1 is 1.38 bits per heavy atom.